The highest BCUT2D eigenvalue weighted by Crippen LogP contribution is 2.16. The Labute approximate surface area is 92.3 Å². The summed E-state index contributed by atoms with van der Waals surface area (Å²) in [5.41, 5.74) is 8.91. The van der Waals surface area contributed by atoms with Crippen LogP contribution >= 0.6 is 0 Å². The average molecular weight is 207 g/mol. The van der Waals surface area contributed by atoms with Crippen LogP contribution in [0, 0.1) is 6.92 Å². The Morgan fingerprint density at radius 1 is 1.40 bits per heavy atom. The first kappa shape index (κ1) is 11.9. The molecule has 1 rings (SSSR count). The number of benzene rings is 1. The monoisotopic (exact) mass is 207 g/mol. The molecule has 0 unspecified atom stereocenters. The molecule has 0 radical (unpaired) electrons. The van der Waals surface area contributed by atoms with Gasteiger partial charge in [0.25, 0.3) is 0 Å². The molecule has 3 heteroatoms. The lowest BCUT2D eigenvalue weighted by atomic mass is 10.2. The van der Waals surface area contributed by atoms with E-state index >= 15 is 0 Å². The van der Waals surface area contributed by atoms with Gasteiger partial charge < -0.3 is 16.0 Å². The van der Waals surface area contributed by atoms with Crippen LogP contribution in [0.1, 0.15) is 12.5 Å². The highest BCUT2D eigenvalue weighted by molar-refractivity contribution is 5.58. The lowest BCUT2D eigenvalue weighted by molar-refractivity contribution is 0.367. The Kier molecular flexibility index (Phi) is 4.43. The predicted octanol–water partition coefficient (Wildman–Crippen LogP) is 1.94. The van der Waals surface area contributed by atoms with Crippen LogP contribution in [0.4, 0.5) is 11.4 Å². The second-order valence-corrected chi connectivity index (χ2v) is 3.89. The summed E-state index contributed by atoms with van der Waals surface area (Å²) in [5.74, 6) is 0. The standard InChI is InChI=1S/C12H21N3/c1-4-15(3)8-7-14-11-6-5-10(2)12(13)9-11/h5-6,9,14H,4,7-8,13H2,1-3H3. The summed E-state index contributed by atoms with van der Waals surface area (Å²) in [6.45, 7) is 7.25. The van der Waals surface area contributed by atoms with Crippen LogP contribution in [0.2, 0.25) is 0 Å². The van der Waals surface area contributed by atoms with E-state index in [0.717, 1.165) is 36.6 Å². The first-order valence-corrected chi connectivity index (χ1v) is 5.42. The maximum atomic E-state index is 5.83. The van der Waals surface area contributed by atoms with Crippen molar-refractivity contribution in [1.29, 1.82) is 0 Å². The molecule has 0 aliphatic heterocycles. The number of nitrogens with zero attached hydrogens (tertiary/aromatic N) is 1. The summed E-state index contributed by atoms with van der Waals surface area (Å²) in [6, 6.07) is 6.10. The SMILES string of the molecule is CCN(C)CCNc1ccc(C)c(N)c1. The zero-order valence-corrected chi connectivity index (χ0v) is 9.88. The van der Waals surface area contributed by atoms with E-state index in [1.165, 1.54) is 0 Å². The Hall–Kier alpha value is -1.22. The highest BCUT2D eigenvalue weighted by atomic mass is 15.1. The molecule has 0 aliphatic rings. The average Bonchev–Trinajstić information content (AvgIpc) is 2.23. The van der Waals surface area contributed by atoms with Gasteiger partial charge in [0, 0.05) is 24.5 Å². The normalized spacial score (nSPS) is 10.7. The van der Waals surface area contributed by atoms with Crippen LogP contribution < -0.4 is 11.1 Å². The fraction of sp³-hybridized carbons (Fsp3) is 0.500. The Morgan fingerprint density at radius 3 is 2.73 bits per heavy atom. The van der Waals surface area contributed by atoms with E-state index in [-0.39, 0.29) is 0 Å². The minimum atomic E-state index is 0.851. The molecular formula is C12H21N3. The third-order valence-corrected chi connectivity index (χ3v) is 2.64. The molecule has 3 nitrogen and oxygen atoms in total. The van der Waals surface area contributed by atoms with E-state index in [2.05, 4.69) is 30.3 Å². The molecular weight excluding hydrogens is 186 g/mol. The molecule has 0 amide bonds. The molecule has 0 saturated heterocycles. The lowest BCUT2D eigenvalue weighted by Gasteiger charge is -2.15. The number of nitrogen functional groups attached to an aromatic ring is 1. The molecule has 1 aromatic carbocycles. The summed E-state index contributed by atoms with van der Waals surface area (Å²) in [5, 5.41) is 3.36. The van der Waals surface area contributed by atoms with Crippen molar-refractivity contribution in [3.05, 3.63) is 23.8 Å². The first-order chi connectivity index (χ1) is 7.13. The molecule has 0 fully saturated rings. The summed E-state index contributed by atoms with van der Waals surface area (Å²) in [7, 11) is 2.12. The summed E-state index contributed by atoms with van der Waals surface area (Å²) in [6.07, 6.45) is 0. The van der Waals surface area contributed by atoms with Crippen LogP contribution in [-0.4, -0.2) is 31.6 Å². The largest absolute Gasteiger partial charge is 0.398 e. The maximum Gasteiger partial charge on any atom is 0.0364 e. The van der Waals surface area contributed by atoms with E-state index in [4.69, 9.17) is 5.73 Å². The van der Waals surface area contributed by atoms with Crippen LogP contribution in [-0.2, 0) is 0 Å². The number of anilines is 2. The van der Waals surface area contributed by atoms with E-state index in [9.17, 15) is 0 Å². The van der Waals surface area contributed by atoms with Gasteiger partial charge in [0.1, 0.15) is 0 Å². The Bertz CT molecular complexity index is 310. The molecule has 0 aliphatic carbocycles. The molecule has 0 aromatic heterocycles. The summed E-state index contributed by atoms with van der Waals surface area (Å²) in [4.78, 5) is 2.27. The predicted molar refractivity (Wildman–Crippen MR) is 67.3 cm³/mol. The van der Waals surface area contributed by atoms with Crippen LogP contribution in [0.3, 0.4) is 0 Å². The van der Waals surface area contributed by atoms with Gasteiger partial charge in [-0.05, 0) is 38.2 Å². The lowest BCUT2D eigenvalue weighted by Crippen LogP contribution is -2.24. The number of aryl methyl sites for hydroxylation is 1. The molecule has 1 aromatic rings. The van der Waals surface area contributed by atoms with Crippen molar-refractivity contribution < 1.29 is 0 Å². The third kappa shape index (κ3) is 3.80. The smallest absolute Gasteiger partial charge is 0.0364 e. The molecule has 0 spiro atoms. The van der Waals surface area contributed by atoms with Gasteiger partial charge in [-0.3, -0.25) is 0 Å². The minimum Gasteiger partial charge on any atom is -0.398 e. The maximum absolute atomic E-state index is 5.83. The van der Waals surface area contributed by atoms with Gasteiger partial charge >= 0.3 is 0 Å². The van der Waals surface area contributed by atoms with Gasteiger partial charge in [-0.2, -0.15) is 0 Å². The first-order valence-electron chi connectivity index (χ1n) is 5.42. The van der Waals surface area contributed by atoms with E-state index < -0.39 is 0 Å². The van der Waals surface area contributed by atoms with Crippen molar-refractivity contribution in [2.75, 3.05) is 37.7 Å². The van der Waals surface area contributed by atoms with Crippen LogP contribution in [0.5, 0.6) is 0 Å². The van der Waals surface area contributed by atoms with E-state index in [1.807, 2.05) is 19.1 Å². The van der Waals surface area contributed by atoms with Gasteiger partial charge in [-0.25, -0.2) is 0 Å². The zero-order valence-electron chi connectivity index (χ0n) is 9.88. The molecule has 0 atom stereocenters. The molecule has 0 bridgehead atoms. The second kappa shape index (κ2) is 5.61. The van der Waals surface area contributed by atoms with E-state index in [1.54, 1.807) is 0 Å². The van der Waals surface area contributed by atoms with Gasteiger partial charge in [0.05, 0.1) is 0 Å². The van der Waals surface area contributed by atoms with Crippen molar-refractivity contribution in [1.82, 2.24) is 4.90 Å². The van der Waals surface area contributed by atoms with E-state index in [0.29, 0.717) is 0 Å². The highest BCUT2D eigenvalue weighted by Gasteiger charge is 1.97. The number of hydrogen-bond donors (Lipinski definition) is 2. The van der Waals surface area contributed by atoms with Gasteiger partial charge in [-0.15, -0.1) is 0 Å². The fourth-order valence-electron chi connectivity index (χ4n) is 1.30. The van der Waals surface area contributed by atoms with Crippen molar-refractivity contribution >= 4 is 11.4 Å². The zero-order chi connectivity index (χ0) is 11.3. The van der Waals surface area contributed by atoms with Crippen molar-refractivity contribution in [2.45, 2.75) is 13.8 Å². The van der Waals surface area contributed by atoms with Crippen LogP contribution in [0.25, 0.3) is 0 Å². The van der Waals surface area contributed by atoms with Gasteiger partial charge in [-0.1, -0.05) is 13.0 Å². The topological polar surface area (TPSA) is 41.3 Å². The van der Waals surface area contributed by atoms with Crippen molar-refractivity contribution in [2.24, 2.45) is 0 Å². The third-order valence-electron chi connectivity index (χ3n) is 2.64. The molecule has 0 heterocycles. The van der Waals surface area contributed by atoms with Gasteiger partial charge in [0.2, 0.25) is 0 Å². The number of hydrogen-bond acceptors (Lipinski definition) is 3. The molecule has 15 heavy (non-hydrogen) atoms. The number of rotatable bonds is 5. The summed E-state index contributed by atoms with van der Waals surface area (Å²) < 4.78 is 0. The Balaban J connectivity index is 2.41. The Morgan fingerprint density at radius 2 is 2.13 bits per heavy atom. The summed E-state index contributed by atoms with van der Waals surface area (Å²) >= 11 is 0. The van der Waals surface area contributed by atoms with Crippen molar-refractivity contribution in [3.8, 4) is 0 Å². The number of nitrogens with two attached hydrogens (primary N) is 1. The van der Waals surface area contributed by atoms with Crippen molar-refractivity contribution in [3.63, 3.8) is 0 Å². The van der Waals surface area contributed by atoms with Gasteiger partial charge in [0.15, 0.2) is 0 Å². The molecule has 84 valence electrons. The number of likely N-dealkylation sites (N-methyl/N-ethyl adjacent to an activating group) is 1. The van der Waals surface area contributed by atoms with Crippen LogP contribution in [0.15, 0.2) is 18.2 Å². The second-order valence-electron chi connectivity index (χ2n) is 3.89. The minimum absolute atomic E-state index is 0.851. The molecule has 3 N–H and O–H groups in total. The molecule has 0 saturated carbocycles. The fourth-order valence-corrected chi connectivity index (χ4v) is 1.30. The number of nitrogens with one attached hydrogen (secondary N) is 1. The quantitative estimate of drug-likeness (QED) is 0.725.